The number of aliphatic hydroxyl groups excluding tert-OH is 1. The lowest BCUT2D eigenvalue weighted by Crippen LogP contribution is -2.51. The number of hydrogen-bond donors (Lipinski definition) is 2. The van der Waals surface area contributed by atoms with Crippen molar-refractivity contribution < 1.29 is 10.2 Å². The van der Waals surface area contributed by atoms with Crippen LogP contribution in [0, 0.1) is 11.3 Å². The van der Waals surface area contributed by atoms with Crippen molar-refractivity contribution >= 4 is 0 Å². The smallest absolute Gasteiger partial charge is 0.0751 e. The minimum absolute atomic E-state index is 0.148. The van der Waals surface area contributed by atoms with Crippen LogP contribution in [0.5, 0.6) is 0 Å². The number of hydrogen-bond acceptors (Lipinski definition) is 2. The summed E-state index contributed by atoms with van der Waals surface area (Å²) < 4.78 is 0. The van der Waals surface area contributed by atoms with Gasteiger partial charge in [0.1, 0.15) is 0 Å². The van der Waals surface area contributed by atoms with E-state index in [0.29, 0.717) is 5.92 Å². The summed E-state index contributed by atoms with van der Waals surface area (Å²) in [6.07, 6.45) is 6.31. The highest BCUT2D eigenvalue weighted by molar-refractivity contribution is 5.08. The molecule has 0 spiro atoms. The van der Waals surface area contributed by atoms with Crippen LogP contribution >= 0.6 is 0 Å². The molecule has 76 valence electrons. The molecule has 2 fully saturated rings. The Morgan fingerprint density at radius 1 is 1.23 bits per heavy atom. The van der Waals surface area contributed by atoms with Crippen LogP contribution in [0.25, 0.3) is 0 Å². The van der Waals surface area contributed by atoms with Crippen LogP contribution in [-0.4, -0.2) is 22.4 Å². The molecule has 0 amide bonds. The summed E-state index contributed by atoms with van der Waals surface area (Å²) in [5.74, 6) is 0.375. The average Bonchev–Trinajstić information content (AvgIpc) is 2.41. The van der Waals surface area contributed by atoms with Gasteiger partial charge in [-0.25, -0.2) is 0 Å². The monoisotopic (exact) mass is 184 g/mol. The predicted octanol–water partition coefficient (Wildman–Crippen LogP) is 1.70. The first kappa shape index (κ1) is 9.47. The van der Waals surface area contributed by atoms with E-state index in [2.05, 4.69) is 6.92 Å². The van der Waals surface area contributed by atoms with Crippen LogP contribution in [0.4, 0.5) is 0 Å². The lowest BCUT2D eigenvalue weighted by atomic mass is 9.63. The molecule has 0 radical (unpaired) electrons. The third-order valence-corrected chi connectivity index (χ3v) is 4.56. The van der Waals surface area contributed by atoms with Gasteiger partial charge in [0.2, 0.25) is 0 Å². The molecule has 2 N–H and O–H groups in total. The van der Waals surface area contributed by atoms with Gasteiger partial charge in [0.25, 0.3) is 0 Å². The molecule has 2 aliphatic carbocycles. The fourth-order valence-corrected chi connectivity index (χ4v) is 3.48. The standard InChI is InChI=1S/C11H20O2/c1-9-4-7-10(8-12)5-2-3-6-11(9,10)13/h9,12-13H,2-8H2,1H3. The van der Waals surface area contributed by atoms with Crippen molar-refractivity contribution in [2.75, 3.05) is 6.61 Å². The molecule has 0 bridgehead atoms. The minimum atomic E-state index is -0.556. The maximum Gasteiger partial charge on any atom is 0.0751 e. The third-order valence-electron chi connectivity index (χ3n) is 4.56. The van der Waals surface area contributed by atoms with Crippen molar-refractivity contribution in [3.8, 4) is 0 Å². The molecule has 0 aromatic heterocycles. The van der Waals surface area contributed by atoms with Crippen LogP contribution in [0.3, 0.4) is 0 Å². The van der Waals surface area contributed by atoms with Crippen molar-refractivity contribution in [2.24, 2.45) is 11.3 Å². The molecule has 2 saturated carbocycles. The fraction of sp³-hybridized carbons (Fsp3) is 1.00. The maximum atomic E-state index is 10.6. The molecule has 3 unspecified atom stereocenters. The topological polar surface area (TPSA) is 40.5 Å². The van der Waals surface area contributed by atoms with Crippen LogP contribution < -0.4 is 0 Å². The van der Waals surface area contributed by atoms with Gasteiger partial charge in [-0.15, -0.1) is 0 Å². The van der Waals surface area contributed by atoms with Crippen molar-refractivity contribution in [3.63, 3.8) is 0 Å². The van der Waals surface area contributed by atoms with Gasteiger partial charge in [-0.1, -0.05) is 19.8 Å². The first-order chi connectivity index (χ1) is 6.15. The van der Waals surface area contributed by atoms with Crippen molar-refractivity contribution in [3.05, 3.63) is 0 Å². The first-order valence-electron chi connectivity index (χ1n) is 5.48. The van der Waals surface area contributed by atoms with Gasteiger partial charge in [-0.2, -0.15) is 0 Å². The second-order valence-electron chi connectivity index (χ2n) is 5.01. The van der Waals surface area contributed by atoms with Crippen LogP contribution in [0.1, 0.15) is 45.4 Å². The molecule has 0 aliphatic heterocycles. The Kier molecular flexibility index (Phi) is 2.16. The van der Waals surface area contributed by atoms with Gasteiger partial charge in [0.05, 0.1) is 12.2 Å². The molecule has 0 saturated heterocycles. The van der Waals surface area contributed by atoms with Crippen molar-refractivity contribution in [1.29, 1.82) is 0 Å². The van der Waals surface area contributed by atoms with E-state index >= 15 is 0 Å². The molecule has 2 rings (SSSR count). The summed E-state index contributed by atoms with van der Waals surface area (Å²) in [4.78, 5) is 0. The molecule has 0 aromatic carbocycles. The lowest BCUT2D eigenvalue weighted by Gasteiger charge is -2.47. The van der Waals surface area contributed by atoms with Gasteiger partial charge in [-0.05, 0) is 31.6 Å². The molecule has 2 heteroatoms. The molecule has 0 heterocycles. The van der Waals surface area contributed by atoms with Crippen molar-refractivity contribution in [1.82, 2.24) is 0 Å². The van der Waals surface area contributed by atoms with Gasteiger partial charge in [0.15, 0.2) is 0 Å². The van der Waals surface area contributed by atoms with E-state index in [9.17, 15) is 10.2 Å². The van der Waals surface area contributed by atoms with Crippen molar-refractivity contribution in [2.45, 2.75) is 51.0 Å². The highest BCUT2D eigenvalue weighted by Crippen LogP contribution is 2.57. The largest absolute Gasteiger partial charge is 0.396 e. The Morgan fingerprint density at radius 3 is 2.54 bits per heavy atom. The molecule has 0 aromatic rings. The van der Waals surface area contributed by atoms with E-state index in [1.807, 2.05) is 0 Å². The molecule has 3 atom stereocenters. The second-order valence-corrected chi connectivity index (χ2v) is 5.01. The first-order valence-corrected chi connectivity index (χ1v) is 5.48. The highest BCUT2D eigenvalue weighted by Gasteiger charge is 2.57. The third kappa shape index (κ3) is 1.08. The Bertz CT molecular complexity index is 194. The van der Waals surface area contributed by atoms with Crippen LogP contribution in [0.15, 0.2) is 0 Å². The van der Waals surface area contributed by atoms with Gasteiger partial charge < -0.3 is 10.2 Å². The maximum absolute atomic E-state index is 10.6. The van der Waals surface area contributed by atoms with Gasteiger partial charge in [-0.3, -0.25) is 0 Å². The molecule has 2 nitrogen and oxygen atoms in total. The fourth-order valence-electron chi connectivity index (χ4n) is 3.48. The lowest BCUT2D eigenvalue weighted by molar-refractivity contribution is -0.134. The number of aliphatic hydroxyl groups is 2. The molecule has 13 heavy (non-hydrogen) atoms. The summed E-state index contributed by atoms with van der Waals surface area (Å²) in [6, 6.07) is 0. The summed E-state index contributed by atoms with van der Waals surface area (Å²) in [5.41, 5.74) is -0.704. The van der Waals surface area contributed by atoms with E-state index < -0.39 is 5.60 Å². The Hall–Kier alpha value is -0.0800. The number of fused-ring (bicyclic) bond motifs is 1. The summed E-state index contributed by atoms with van der Waals surface area (Å²) in [6.45, 7) is 2.30. The molecule has 2 aliphatic rings. The molecular formula is C11H20O2. The Morgan fingerprint density at radius 2 is 1.92 bits per heavy atom. The van der Waals surface area contributed by atoms with Crippen LogP contribution in [-0.2, 0) is 0 Å². The highest BCUT2D eigenvalue weighted by atomic mass is 16.3. The minimum Gasteiger partial charge on any atom is -0.396 e. The summed E-state index contributed by atoms with van der Waals surface area (Å²) in [5, 5.41) is 20.0. The van der Waals surface area contributed by atoms with E-state index in [1.54, 1.807) is 0 Å². The normalized spacial score (nSPS) is 50.5. The van der Waals surface area contributed by atoms with Crippen LogP contribution in [0.2, 0.25) is 0 Å². The Labute approximate surface area is 80.0 Å². The van der Waals surface area contributed by atoms with E-state index in [0.717, 1.165) is 32.1 Å². The summed E-state index contributed by atoms with van der Waals surface area (Å²) >= 11 is 0. The molecular weight excluding hydrogens is 164 g/mol. The Balaban J connectivity index is 2.30. The van der Waals surface area contributed by atoms with E-state index in [-0.39, 0.29) is 12.0 Å². The number of rotatable bonds is 1. The zero-order valence-corrected chi connectivity index (χ0v) is 8.42. The predicted molar refractivity (Wildman–Crippen MR) is 51.3 cm³/mol. The van der Waals surface area contributed by atoms with E-state index in [4.69, 9.17) is 0 Å². The zero-order chi connectivity index (χ0) is 9.53. The quantitative estimate of drug-likeness (QED) is 0.651. The zero-order valence-electron chi connectivity index (χ0n) is 8.42. The average molecular weight is 184 g/mol. The SMILES string of the molecule is CC1CCC2(CO)CCCCC12O. The van der Waals surface area contributed by atoms with Gasteiger partial charge >= 0.3 is 0 Å². The summed E-state index contributed by atoms with van der Waals surface area (Å²) in [7, 11) is 0. The van der Waals surface area contributed by atoms with E-state index in [1.165, 1.54) is 6.42 Å². The van der Waals surface area contributed by atoms with Gasteiger partial charge in [0, 0.05) is 5.41 Å². The second kappa shape index (κ2) is 2.96.